The Morgan fingerprint density at radius 3 is 2.86 bits per heavy atom. The highest BCUT2D eigenvalue weighted by Gasteiger charge is 2.09. The second kappa shape index (κ2) is 5.52. The minimum absolute atomic E-state index is 0.119. The van der Waals surface area contributed by atoms with Crippen LogP contribution in [0.5, 0.6) is 0 Å². The first kappa shape index (κ1) is 14.1. The van der Waals surface area contributed by atoms with Crippen molar-refractivity contribution in [2.24, 2.45) is 0 Å². The number of hydrogen-bond donors (Lipinski definition) is 2. The van der Waals surface area contributed by atoms with Gasteiger partial charge in [0.1, 0.15) is 6.54 Å². The van der Waals surface area contributed by atoms with Gasteiger partial charge in [0, 0.05) is 18.1 Å². The van der Waals surface area contributed by atoms with Gasteiger partial charge >= 0.3 is 0 Å². The number of anilines is 1. The van der Waals surface area contributed by atoms with Crippen LogP contribution in [0.2, 0.25) is 0 Å². The van der Waals surface area contributed by atoms with Gasteiger partial charge in [0.2, 0.25) is 5.91 Å². The number of nitrogens with zero attached hydrogens (tertiary/aromatic N) is 1. The Kier molecular flexibility index (Phi) is 3.55. The Morgan fingerprint density at radius 1 is 1.23 bits per heavy atom. The number of nitrogens with one attached hydrogen (secondary N) is 2. The third-order valence-electron chi connectivity index (χ3n) is 3.69. The number of hydrogen-bond acceptors (Lipinski definition) is 2. The zero-order chi connectivity index (χ0) is 15.7. The van der Waals surface area contributed by atoms with Crippen LogP contribution < -0.4 is 10.9 Å². The van der Waals surface area contributed by atoms with Gasteiger partial charge in [-0.15, -0.1) is 0 Å². The maximum atomic E-state index is 12.3. The van der Waals surface area contributed by atoms with Crippen molar-refractivity contribution < 1.29 is 4.79 Å². The number of H-pyrrole nitrogens is 1. The Morgan fingerprint density at radius 2 is 2.05 bits per heavy atom. The van der Waals surface area contributed by atoms with Gasteiger partial charge < -0.3 is 14.9 Å². The molecule has 0 unspecified atom stereocenters. The summed E-state index contributed by atoms with van der Waals surface area (Å²) in [5, 5.41) is 3.51. The summed E-state index contributed by atoms with van der Waals surface area (Å²) in [4.78, 5) is 26.6. The lowest BCUT2D eigenvalue weighted by Gasteiger charge is -2.10. The molecule has 1 amide bonds. The predicted octanol–water partition coefficient (Wildman–Crippen LogP) is 2.59. The molecule has 0 aliphatic rings. The second-order valence-corrected chi connectivity index (χ2v) is 5.42. The number of fused-ring (bicyclic) bond motifs is 1. The number of aromatic amines is 1. The number of aryl methyl sites for hydroxylation is 2. The first-order valence-corrected chi connectivity index (χ1v) is 7.08. The van der Waals surface area contributed by atoms with Gasteiger partial charge in [0.05, 0.1) is 10.9 Å². The van der Waals surface area contributed by atoms with E-state index in [1.54, 1.807) is 29.1 Å². The molecule has 0 aliphatic carbocycles. The number of rotatable bonds is 3. The molecule has 5 heteroatoms. The van der Waals surface area contributed by atoms with Crippen LogP contribution in [0.15, 0.2) is 47.5 Å². The smallest absolute Gasteiger partial charge is 0.257 e. The number of pyridine rings is 1. The van der Waals surface area contributed by atoms with E-state index in [4.69, 9.17) is 0 Å². The molecule has 0 saturated carbocycles. The highest BCUT2D eigenvalue weighted by molar-refractivity contribution is 5.92. The molecule has 0 saturated heterocycles. The minimum atomic E-state index is -0.147. The lowest BCUT2D eigenvalue weighted by Crippen LogP contribution is -2.19. The SMILES string of the molecule is Cc1ccc(C)c(NC(=O)Cn2ccc3c(=O)[nH]ccc32)c1. The van der Waals surface area contributed by atoms with Crippen molar-refractivity contribution >= 4 is 22.5 Å². The molecule has 0 atom stereocenters. The van der Waals surface area contributed by atoms with Crippen LogP contribution in [0.4, 0.5) is 5.69 Å². The number of carbonyl (C=O) groups excluding carboxylic acids is 1. The average Bonchev–Trinajstić information content (AvgIpc) is 2.87. The van der Waals surface area contributed by atoms with Gasteiger partial charge in [-0.25, -0.2) is 0 Å². The summed E-state index contributed by atoms with van der Waals surface area (Å²) in [5.74, 6) is -0.119. The van der Waals surface area contributed by atoms with E-state index in [2.05, 4.69) is 10.3 Å². The fraction of sp³-hybridized carbons (Fsp3) is 0.176. The lowest BCUT2D eigenvalue weighted by molar-refractivity contribution is -0.116. The van der Waals surface area contributed by atoms with Gasteiger partial charge in [-0.3, -0.25) is 9.59 Å². The molecule has 0 radical (unpaired) electrons. The van der Waals surface area contributed by atoms with Crippen LogP contribution in [0.3, 0.4) is 0 Å². The Labute approximate surface area is 127 Å². The predicted molar refractivity (Wildman–Crippen MR) is 87.1 cm³/mol. The van der Waals surface area contributed by atoms with Crippen LogP contribution in [-0.2, 0) is 11.3 Å². The second-order valence-electron chi connectivity index (χ2n) is 5.42. The molecule has 0 fully saturated rings. The lowest BCUT2D eigenvalue weighted by atomic mass is 10.1. The Hall–Kier alpha value is -2.82. The summed E-state index contributed by atoms with van der Waals surface area (Å²) in [5.41, 5.74) is 3.54. The first-order valence-electron chi connectivity index (χ1n) is 7.08. The molecule has 1 aromatic carbocycles. The topological polar surface area (TPSA) is 66.9 Å². The highest BCUT2D eigenvalue weighted by Crippen LogP contribution is 2.17. The minimum Gasteiger partial charge on any atom is -0.338 e. The molecule has 3 rings (SSSR count). The quantitative estimate of drug-likeness (QED) is 0.780. The van der Waals surface area contributed by atoms with Gasteiger partial charge in [0.15, 0.2) is 0 Å². The first-order chi connectivity index (χ1) is 10.5. The third-order valence-corrected chi connectivity index (χ3v) is 3.69. The van der Waals surface area contributed by atoms with E-state index in [9.17, 15) is 9.59 Å². The summed E-state index contributed by atoms with van der Waals surface area (Å²) in [7, 11) is 0. The molecular formula is C17H17N3O2. The molecule has 5 nitrogen and oxygen atoms in total. The van der Waals surface area contributed by atoms with Gasteiger partial charge in [-0.1, -0.05) is 12.1 Å². The van der Waals surface area contributed by atoms with E-state index in [-0.39, 0.29) is 18.0 Å². The third kappa shape index (κ3) is 2.65. The van der Waals surface area contributed by atoms with E-state index in [1.165, 1.54) is 0 Å². The summed E-state index contributed by atoms with van der Waals surface area (Å²) in [6.07, 6.45) is 3.34. The Balaban J connectivity index is 1.83. The van der Waals surface area contributed by atoms with Crippen molar-refractivity contribution in [3.8, 4) is 0 Å². The van der Waals surface area contributed by atoms with Crippen molar-refractivity contribution in [3.05, 3.63) is 64.2 Å². The van der Waals surface area contributed by atoms with Crippen molar-refractivity contribution in [1.29, 1.82) is 0 Å². The number of benzene rings is 1. The van der Waals surface area contributed by atoms with Crippen LogP contribution in [-0.4, -0.2) is 15.5 Å². The molecule has 2 aromatic heterocycles. The summed E-state index contributed by atoms with van der Waals surface area (Å²) in [6.45, 7) is 4.11. The number of carbonyl (C=O) groups is 1. The van der Waals surface area contributed by atoms with E-state index in [1.807, 2.05) is 32.0 Å². The van der Waals surface area contributed by atoms with Gasteiger partial charge in [0.25, 0.3) is 5.56 Å². The summed E-state index contributed by atoms with van der Waals surface area (Å²) >= 11 is 0. The van der Waals surface area contributed by atoms with Crippen LogP contribution >= 0.6 is 0 Å². The largest absolute Gasteiger partial charge is 0.338 e. The van der Waals surface area contributed by atoms with E-state index < -0.39 is 0 Å². The monoisotopic (exact) mass is 295 g/mol. The molecule has 0 bridgehead atoms. The van der Waals surface area contributed by atoms with Crippen molar-refractivity contribution in [2.75, 3.05) is 5.32 Å². The van der Waals surface area contributed by atoms with Crippen LogP contribution in [0.25, 0.3) is 10.9 Å². The van der Waals surface area contributed by atoms with Crippen molar-refractivity contribution in [2.45, 2.75) is 20.4 Å². The molecule has 0 aliphatic heterocycles. The molecular weight excluding hydrogens is 278 g/mol. The molecule has 22 heavy (non-hydrogen) atoms. The molecule has 112 valence electrons. The van der Waals surface area contributed by atoms with E-state index in [0.717, 1.165) is 22.3 Å². The van der Waals surface area contributed by atoms with Crippen LogP contribution in [0.1, 0.15) is 11.1 Å². The maximum Gasteiger partial charge on any atom is 0.257 e. The van der Waals surface area contributed by atoms with E-state index in [0.29, 0.717) is 5.39 Å². The fourth-order valence-electron chi connectivity index (χ4n) is 2.49. The van der Waals surface area contributed by atoms with Crippen molar-refractivity contribution in [1.82, 2.24) is 9.55 Å². The summed E-state index contributed by atoms with van der Waals surface area (Å²) in [6, 6.07) is 9.46. The summed E-state index contributed by atoms with van der Waals surface area (Å²) < 4.78 is 1.77. The van der Waals surface area contributed by atoms with Gasteiger partial charge in [-0.2, -0.15) is 0 Å². The molecule has 2 N–H and O–H groups in total. The zero-order valence-corrected chi connectivity index (χ0v) is 12.5. The van der Waals surface area contributed by atoms with E-state index >= 15 is 0 Å². The fourth-order valence-corrected chi connectivity index (χ4v) is 2.49. The highest BCUT2D eigenvalue weighted by atomic mass is 16.2. The number of aromatic nitrogens is 2. The standard InChI is InChI=1S/C17H17N3O2/c1-11-3-4-12(2)14(9-11)19-16(21)10-20-8-6-13-15(20)5-7-18-17(13)22/h3-9H,10H2,1-2H3,(H,18,22)(H,19,21). The van der Waals surface area contributed by atoms with Crippen LogP contribution in [0, 0.1) is 13.8 Å². The zero-order valence-electron chi connectivity index (χ0n) is 12.5. The maximum absolute atomic E-state index is 12.3. The molecule has 0 spiro atoms. The normalized spacial score (nSPS) is 10.8. The molecule has 3 aromatic rings. The molecule has 2 heterocycles. The average molecular weight is 295 g/mol. The number of amides is 1. The Bertz CT molecular complexity index is 906. The van der Waals surface area contributed by atoms with Crippen molar-refractivity contribution in [3.63, 3.8) is 0 Å². The van der Waals surface area contributed by atoms with Gasteiger partial charge in [-0.05, 0) is 43.2 Å².